The number of para-hydroxylation sites is 1. The van der Waals surface area contributed by atoms with Gasteiger partial charge in [-0.15, -0.1) is 0 Å². The fourth-order valence-electron chi connectivity index (χ4n) is 2.72. The molecule has 0 unspecified atom stereocenters. The van der Waals surface area contributed by atoms with Crippen LogP contribution in [0.4, 0.5) is 0 Å². The molecule has 1 amide bonds. The number of carbonyl (C=O) groups is 2. The molecule has 1 aliphatic carbocycles. The predicted molar refractivity (Wildman–Crippen MR) is 77.8 cm³/mol. The second-order valence-electron chi connectivity index (χ2n) is 5.23. The summed E-state index contributed by atoms with van der Waals surface area (Å²) in [5.41, 5.74) is 8.35. The topological polar surface area (TPSA) is 82.3 Å². The lowest BCUT2D eigenvalue weighted by Crippen LogP contribution is -2.30. The number of primary amides is 1. The van der Waals surface area contributed by atoms with Crippen LogP contribution >= 0.6 is 0 Å². The number of aryl methyl sites for hydroxylation is 1. The monoisotopic (exact) mass is 284 g/mol. The number of fused-ring (bicyclic) bond motifs is 2. The SMILES string of the molecule is C[C@@H](OC(=O)c1c2c(nc3ccccc13)CCC2)C(N)=O. The minimum Gasteiger partial charge on any atom is -0.449 e. The number of nitrogens with two attached hydrogens (primary N) is 1. The van der Waals surface area contributed by atoms with Crippen LogP contribution in [0.15, 0.2) is 24.3 Å². The van der Waals surface area contributed by atoms with Gasteiger partial charge in [-0.25, -0.2) is 4.79 Å². The zero-order valence-electron chi connectivity index (χ0n) is 11.8. The number of nitrogens with zero attached hydrogens (tertiary/aromatic N) is 1. The number of hydrogen-bond acceptors (Lipinski definition) is 4. The number of benzene rings is 1. The van der Waals surface area contributed by atoms with Crippen LogP contribution in [-0.4, -0.2) is 23.0 Å². The van der Waals surface area contributed by atoms with Crippen molar-refractivity contribution in [2.75, 3.05) is 0 Å². The maximum atomic E-state index is 12.5. The molecule has 1 aromatic carbocycles. The first-order valence-corrected chi connectivity index (χ1v) is 6.98. The Balaban J connectivity index is 2.12. The van der Waals surface area contributed by atoms with Crippen molar-refractivity contribution in [2.45, 2.75) is 32.3 Å². The van der Waals surface area contributed by atoms with Gasteiger partial charge in [0.15, 0.2) is 6.10 Å². The van der Waals surface area contributed by atoms with Crippen molar-refractivity contribution < 1.29 is 14.3 Å². The maximum absolute atomic E-state index is 12.5. The Hall–Kier alpha value is -2.43. The van der Waals surface area contributed by atoms with Crippen molar-refractivity contribution in [3.05, 3.63) is 41.1 Å². The number of carbonyl (C=O) groups excluding carboxylic acids is 2. The maximum Gasteiger partial charge on any atom is 0.339 e. The van der Waals surface area contributed by atoms with E-state index >= 15 is 0 Å². The largest absolute Gasteiger partial charge is 0.449 e. The van der Waals surface area contributed by atoms with Gasteiger partial charge in [0, 0.05) is 11.1 Å². The lowest BCUT2D eigenvalue weighted by atomic mass is 10.0. The van der Waals surface area contributed by atoms with Crippen molar-refractivity contribution in [1.29, 1.82) is 0 Å². The van der Waals surface area contributed by atoms with Crippen LogP contribution < -0.4 is 5.73 Å². The molecule has 1 heterocycles. The van der Waals surface area contributed by atoms with Crippen LogP contribution in [0.1, 0.15) is 35.0 Å². The third-order valence-corrected chi connectivity index (χ3v) is 3.81. The summed E-state index contributed by atoms with van der Waals surface area (Å²) in [4.78, 5) is 28.2. The number of aromatic nitrogens is 1. The smallest absolute Gasteiger partial charge is 0.339 e. The summed E-state index contributed by atoms with van der Waals surface area (Å²) >= 11 is 0. The standard InChI is InChI=1S/C16H16N2O3/c1-9(15(17)19)21-16(20)14-10-5-2-3-7-12(10)18-13-8-4-6-11(13)14/h2-3,5,7,9H,4,6,8H2,1H3,(H2,17,19)/t9-/m1/s1. The molecule has 21 heavy (non-hydrogen) atoms. The lowest BCUT2D eigenvalue weighted by molar-refractivity contribution is -0.125. The van der Waals surface area contributed by atoms with Gasteiger partial charge in [-0.3, -0.25) is 9.78 Å². The van der Waals surface area contributed by atoms with E-state index < -0.39 is 18.0 Å². The zero-order chi connectivity index (χ0) is 15.0. The summed E-state index contributed by atoms with van der Waals surface area (Å²) in [6.07, 6.45) is 1.71. The van der Waals surface area contributed by atoms with Crippen LogP contribution in [0.5, 0.6) is 0 Å². The first-order valence-electron chi connectivity index (χ1n) is 6.98. The highest BCUT2D eigenvalue weighted by atomic mass is 16.5. The molecule has 1 aromatic heterocycles. The van der Waals surface area contributed by atoms with Crippen molar-refractivity contribution in [3.63, 3.8) is 0 Å². The van der Waals surface area contributed by atoms with E-state index in [0.29, 0.717) is 5.56 Å². The van der Waals surface area contributed by atoms with E-state index in [1.807, 2.05) is 24.3 Å². The third kappa shape index (κ3) is 2.35. The molecule has 0 aliphatic heterocycles. The minimum absolute atomic E-state index is 0.502. The van der Waals surface area contributed by atoms with Crippen molar-refractivity contribution in [2.24, 2.45) is 5.73 Å². The van der Waals surface area contributed by atoms with E-state index in [1.165, 1.54) is 6.92 Å². The average molecular weight is 284 g/mol. The normalized spacial score (nSPS) is 14.7. The molecule has 1 aliphatic rings. The molecule has 0 saturated carbocycles. The molecule has 0 radical (unpaired) electrons. The van der Waals surface area contributed by atoms with E-state index in [0.717, 1.165) is 41.4 Å². The van der Waals surface area contributed by atoms with E-state index in [9.17, 15) is 9.59 Å². The Kier molecular flexibility index (Phi) is 3.33. The Morgan fingerprint density at radius 1 is 1.29 bits per heavy atom. The number of ether oxygens (including phenoxy) is 1. The molecule has 2 N–H and O–H groups in total. The highest BCUT2D eigenvalue weighted by molar-refractivity contribution is 6.05. The van der Waals surface area contributed by atoms with Crippen LogP contribution in [0.2, 0.25) is 0 Å². The number of hydrogen-bond donors (Lipinski definition) is 1. The quantitative estimate of drug-likeness (QED) is 0.870. The second-order valence-corrected chi connectivity index (χ2v) is 5.23. The van der Waals surface area contributed by atoms with Gasteiger partial charge in [0.25, 0.3) is 5.91 Å². The van der Waals surface area contributed by atoms with Crippen LogP contribution in [0, 0.1) is 0 Å². The molecule has 0 spiro atoms. The van der Waals surface area contributed by atoms with Gasteiger partial charge in [-0.05, 0) is 37.8 Å². The minimum atomic E-state index is -0.943. The molecule has 0 fully saturated rings. The van der Waals surface area contributed by atoms with Gasteiger partial charge in [-0.1, -0.05) is 18.2 Å². The highest BCUT2D eigenvalue weighted by Crippen LogP contribution is 2.30. The van der Waals surface area contributed by atoms with Gasteiger partial charge in [0.1, 0.15) is 0 Å². The Labute approximate surface area is 122 Å². The summed E-state index contributed by atoms with van der Waals surface area (Å²) in [6.45, 7) is 1.48. The van der Waals surface area contributed by atoms with E-state index in [1.54, 1.807) is 0 Å². The molecule has 108 valence electrons. The van der Waals surface area contributed by atoms with Crippen molar-refractivity contribution in [3.8, 4) is 0 Å². The molecular weight excluding hydrogens is 268 g/mol. The van der Waals surface area contributed by atoms with E-state index in [-0.39, 0.29) is 0 Å². The number of amides is 1. The van der Waals surface area contributed by atoms with E-state index in [4.69, 9.17) is 10.5 Å². The lowest BCUT2D eigenvalue weighted by Gasteiger charge is -2.14. The van der Waals surface area contributed by atoms with Gasteiger partial charge in [0.2, 0.25) is 0 Å². The summed E-state index contributed by atoms with van der Waals surface area (Å²) in [7, 11) is 0. The van der Waals surface area contributed by atoms with Gasteiger partial charge < -0.3 is 10.5 Å². The fraction of sp³-hybridized carbons (Fsp3) is 0.312. The third-order valence-electron chi connectivity index (χ3n) is 3.81. The number of pyridine rings is 1. The first kappa shape index (κ1) is 13.5. The molecule has 1 atom stereocenters. The van der Waals surface area contributed by atoms with Crippen molar-refractivity contribution in [1.82, 2.24) is 4.98 Å². The van der Waals surface area contributed by atoms with Gasteiger partial charge >= 0.3 is 5.97 Å². The Morgan fingerprint density at radius 3 is 2.81 bits per heavy atom. The fourth-order valence-corrected chi connectivity index (χ4v) is 2.72. The molecular formula is C16H16N2O3. The average Bonchev–Trinajstić information content (AvgIpc) is 2.91. The molecule has 0 bridgehead atoms. The molecule has 2 aromatic rings. The predicted octanol–water partition coefficient (Wildman–Crippen LogP) is 1.75. The van der Waals surface area contributed by atoms with Gasteiger partial charge in [-0.2, -0.15) is 0 Å². The molecule has 3 rings (SSSR count). The molecule has 5 heteroatoms. The van der Waals surface area contributed by atoms with Crippen LogP contribution in [-0.2, 0) is 22.4 Å². The number of rotatable bonds is 3. The van der Waals surface area contributed by atoms with Gasteiger partial charge in [0.05, 0.1) is 11.1 Å². The highest BCUT2D eigenvalue weighted by Gasteiger charge is 2.26. The summed E-state index contributed by atoms with van der Waals surface area (Å²) < 4.78 is 5.19. The first-order chi connectivity index (χ1) is 10.1. The Bertz CT molecular complexity index is 740. The van der Waals surface area contributed by atoms with Crippen LogP contribution in [0.3, 0.4) is 0 Å². The van der Waals surface area contributed by atoms with Crippen LogP contribution in [0.25, 0.3) is 10.9 Å². The summed E-state index contributed by atoms with van der Waals surface area (Å²) in [5.74, 6) is -1.16. The number of esters is 1. The molecule has 5 nitrogen and oxygen atoms in total. The summed E-state index contributed by atoms with van der Waals surface area (Å²) in [6, 6.07) is 7.48. The Morgan fingerprint density at radius 2 is 2.05 bits per heavy atom. The second kappa shape index (κ2) is 5.16. The van der Waals surface area contributed by atoms with Crippen molar-refractivity contribution >= 4 is 22.8 Å². The molecule has 0 saturated heterocycles. The zero-order valence-corrected chi connectivity index (χ0v) is 11.8. The van der Waals surface area contributed by atoms with E-state index in [2.05, 4.69) is 4.98 Å². The summed E-state index contributed by atoms with van der Waals surface area (Å²) in [5, 5.41) is 0.764.